The van der Waals surface area contributed by atoms with E-state index in [-0.39, 0.29) is 24.2 Å². The van der Waals surface area contributed by atoms with Gasteiger partial charge in [-0.1, -0.05) is 71.6 Å². The number of fused-ring (bicyclic) bond motifs is 1. The van der Waals surface area contributed by atoms with Crippen LogP contribution in [0.5, 0.6) is 0 Å². The minimum Gasteiger partial charge on any atom is -0.447 e. The lowest BCUT2D eigenvalue weighted by atomic mass is 10.0. The monoisotopic (exact) mass is 387 g/mol. The normalized spacial score (nSPS) is 27.8. The average Bonchev–Trinajstić information content (AvgIpc) is 3.12. The van der Waals surface area contributed by atoms with Gasteiger partial charge in [-0.25, -0.2) is 9.52 Å². The largest absolute Gasteiger partial charge is 0.447 e. The van der Waals surface area contributed by atoms with Gasteiger partial charge in [0.2, 0.25) is 0 Å². The Morgan fingerprint density at radius 1 is 1.12 bits per heavy atom. The molecular weight excluding hydrogens is 350 g/mol. The molecule has 152 valence electrons. The molecule has 0 saturated carbocycles. The van der Waals surface area contributed by atoms with Crippen molar-refractivity contribution in [3.63, 3.8) is 0 Å². The highest BCUT2D eigenvalue weighted by Crippen LogP contribution is 2.34. The lowest BCUT2D eigenvalue weighted by Crippen LogP contribution is -2.47. The van der Waals surface area contributed by atoms with E-state index >= 15 is 0 Å². The first-order valence-electron chi connectivity index (χ1n) is 10.4. The summed E-state index contributed by atoms with van der Waals surface area (Å²) in [5, 5.41) is 10.3. The number of unbranched alkanes of at least 4 members (excludes halogenated alkanes) is 9. The number of aliphatic hydroxyl groups excluding tert-OH is 1. The van der Waals surface area contributed by atoms with Gasteiger partial charge in [-0.3, -0.25) is 9.62 Å². The lowest BCUT2D eigenvalue weighted by molar-refractivity contribution is 0.0817. The third-order valence-electron chi connectivity index (χ3n) is 5.60. The maximum Gasteiger partial charge on any atom is 0.411 e. The molecule has 0 bridgehead atoms. The van der Waals surface area contributed by atoms with E-state index in [1.54, 1.807) is 4.90 Å². The molecule has 2 aliphatic rings. The van der Waals surface area contributed by atoms with Gasteiger partial charge in [0.25, 0.3) is 0 Å². The summed E-state index contributed by atoms with van der Waals surface area (Å²) in [6, 6.07) is -0.0161. The van der Waals surface area contributed by atoms with Gasteiger partial charge in [-0.05, 0) is 6.42 Å². The van der Waals surface area contributed by atoms with Crippen LogP contribution in [0.3, 0.4) is 0 Å². The van der Waals surface area contributed by atoms with Gasteiger partial charge in [0.15, 0.2) is 0 Å². The summed E-state index contributed by atoms with van der Waals surface area (Å²) < 4.78 is 11.6. The van der Waals surface area contributed by atoms with Crippen molar-refractivity contribution < 1.29 is 14.6 Å². The van der Waals surface area contributed by atoms with Crippen LogP contribution in [0.2, 0.25) is 0 Å². The van der Waals surface area contributed by atoms with E-state index in [0.29, 0.717) is 6.61 Å². The molecule has 3 N–H and O–H groups in total. The SMILES string of the molecule is CCCCCCCCCCCCNSNC1C(O)C(C)C2COC(=O)N21. The molecular formula is C19H37N3O3S. The highest BCUT2D eigenvalue weighted by atomic mass is 32.2. The number of rotatable bonds is 14. The Kier molecular flexibility index (Phi) is 10.1. The molecule has 2 fully saturated rings. The minimum atomic E-state index is -0.556. The predicted molar refractivity (Wildman–Crippen MR) is 107 cm³/mol. The van der Waals surface area contributed by atoms with Gasteiger partial charge in [0, 0.05) is 24.6 Å². The molecule has 0 spiro atoms. The smallest absolute Gasteiger partial charge is 0.411 e. The zero-order valence-electron chi connectivity index (χ0n) is 16.4. The van der Waals surface area contributed by atoms with E-state index in [4.69, 9.17) is 4.74 Å². The molecule has 2 heterocycles. The summed E-state index contributed by atoms with van der Waals surface area (Å²) in [4.78, 5) is 13.5. The molecule has 0 aromatic rings. The summed E-state index contributed by atoms with van der Waals surface area (Å²) in [5.74, 6) is 0.0292. The quantitative estimate of drug-likeness (QED) is 0.311. The maximum absolute atomic E-state index is 11.8. The average molecular weight is 388 g/mol. The van der Waals surface area contributed by atoms with Crippen molar-refractivity contribution in [3.8, 4) is 0 Å². The topological polar surface area (TPSA) is 73.8 Å². The summed E-state index contributed by atoms with van der Waals surface area (Å²) in [7, 11) is 0. The van der Waals surface area contributed by atoms with Crippen molar-refractivity contribution in [2.45, 2.75) is 96.4 Å². The lowest BCUT2D eigenvalue weighted by Gasteiger charge is -2.23. The fraction of sp³-hybridized carbons (Fsp3) is 0.947. The number of hydrogen-bond donors (Lipinski definition) is 3. The Hall–Kier alpha value is -0.500. The van der Waals surface area contributed by atoms with Crippen LogP contribution >= 0.6 is 12.1 Å². The van der Waals surface area contributed by atoms with Gasteiger partial charge >= 0.3 is 6.09 Å². The second-order valence-corrected chi connectivity index (χ2v) is 8.37. The third-order valence-corrected chi connectivity index (χ3v) is 6.31. The number of aliphatic hydroxyl groups is 1. The van der Waals surface area contributed by atoms with Crippen molar-refractivity contribution in [1.29, 1.82) is 0 Å². The number of hydrogen-bond acceptors (Lipinski definition) is 6. The van der Waals surface area contributed by atoms with Crippen LogP contribution < -0.4 is 9.44 Å². The standard InChI is InChI=1S/C19H37N3O3S/c1-3-4-5-6-7-8-9-10-11-12-13-20-26-21-18-17(23)15(2)16-14-25-19(24)22(16)18/h15-18,20-21,23H,3-14H2,1-2H3. The summed E-state index contributed by atoms with van der Waals surface area (Å²) >= 11 is 1.38. The molecule has 4 unspecified atom stereocenters. The molecule has 0 radical (unpaired) electrons. The van der Waals surface area contributed by atoms with E-state index in [0.717, 1.165) is 13.0 Å². The van der Waals surface area contributed by atoms with E-state index in [2.05, 4.69) is 16.4 Å². The van der Waals surface area contributed by atoms with E-state index < -0.39 is 6.10 Å². The zero-order valence-corrected chi connectivity index (χ0v) is 17.2. The predicted octanol–water partition coefficient (Wildman–Crippen LogP) is 3.81. The van der Waals surface area contributed by atoms with Crippen LogP contribution in [-0.2, 0) is 4.74 Å². The zero-order chi connectivity index (χ0) is 18.8. The summed E-state index contributed by atoms with van der Waals surface area (Å²) in [5.41, 5.74) is 0. The Labute approximate surface area is 163 Å². The number of cyclic esters (lactones) is 1. The van der Waals surface area contributed by atoms with Crippen molar-refractivity contribution in [1.82, 2.24) is 14.3 Å². The summed E-state index contributed by atoms with van der Waals surface area (Å²) in [6.45, 7) is 5.54. The first-order valence-corrected chi connectivity index (χ1v) is 11.3. The fourth-order valence-electron chi connectivity index (χ4n) is 3.82. The van der Waals surface area contributed by atoms with Crippen molar-refractivity contribution >= 4 is 18.2 Å². The molecule has 2 saturated heterocycles. The highest BCUT2D eigenvalue weighted by molar-refractivity contribution is 7.95. The molecule has 0 aliphatic carbocycles. The second-order valence-electron chi connectivity index (χ2n) is 7.64. The molecule has 0 aromatic heterocycles. The second kappa shape index (κ2) is 12.1. The number of carbonyl (C=O) groups excluding carboxylic acids is 1. The number of amides is 1. The third kappa shape index (κ3) is 6.29. The fourth-order valence-corrected chi connectivity index (χ4v) is 4.52. The van der Waals surface area contributed by atoms with Crippen LogP contribution in [0.15, 0.2) is 0 Å². The Balaban J connectivity index is 1.44. The van der Waals surface area contributed by atoms with E-state index in [1.807, 2.05) is 6.92 Å². The first-order chi connectivity index (χ1) is 12.7. The van der Waals surface area contributed by atoms with Crippen LogP contribution in [0.1, 0.15) is 78.1 Å². The van der Waals surface area contributed by atoms with Gasteiger partial charge in [-0.2, -0.15) is 0 Å². The first kappa shape index (κ1) is 21.8. The molecule has 2 rings (SSSR count). The molecule has 1 amide bonds. The number of nitrogens with one attached hydrogen (secondary N) is 2. The molecule has 4 atom stereocenters. The van der Waals surface area contributed by atoms with Crippen LogP contribution in [0.25, 0.3) is 0 Å². The molecule has 26 heavy (non-hydrogen) atoms. The van der Waals surface area contributed by atoms with Gasteiger partial charge in [0.1, 0.15) is 12.8 Å². The van der Waals surface area contributed by atoms with Crippen LogP contribution in [-0.4, -0.2) is 47.6 Å². The number of carbonyl (C=O) groups is 1. The molecule has 0 aromatic carbocycles. The summed E-state index contributed by atoms with van der Waals surface area (Å²) in [6.07, 6.45) is 12.1. The van der Waals surface area contributed by atoms with Crippen molar-refractivity contribution in [3.05, 3.63) is 0 Å². The Bertz CT molecular complexity index is 413. The van der Waals surface area contributed by atoms with Crippen molar-refractivity contribution in [2.24, 2.45) is 5.92 Å². The van der Waals surface area contributed by atoms with Crippen LogP contribution in [0, 0.1) is 5.92 Å². The minimum absolute atomic E-state index is 0.0161. The van der Waals surface area contributed by atoms with Gasteiger partial charge in [-0.15, -0.1) is 0 Å². The molecule has 7 heteroatoms. The maximum atomic E-state index is 11.8. The van der Waals surface area contributed by atoms with Gasteiger partial charge < -0.3 is 9.84 Å². The molecule has 6 nitrogen and oxygen atoms in total. The van der Waals surface area contributed by atoms with E-state index in [9.17, 15) is 9.90 Å². The van der Waals surface area contributed by atoms with Gasteiger partial charge in [0.05, 0.1) is 12.1 Å². The Morgan fingerprint density at radius 3 is 2.38 bits per heavy atom. The number of nitrogens with zero attached hydrogens (tertiary/aromatic N) is 1. The Morgan fingerprint density at radius 2 is 1.73 bits per heavy atom. The highest BCUT2D eigenvalue weighted by Gasteiger charge is 2.52. The number of ether oxygens (including phenoxy) is 1. The van der Waals surface area contributed by atoms with E-state index in [1.165, 1.54) is 69.9 Å². The molecule has 2 aliphatic heterocycles. The van der Waals surface area contributed by atoms with Crippen molar-refractivity contribution in [2.75, 3.05) is 13.2 Å². The van der Waals surface area contributed by atoms with Crippen LogP contribution in [0.4, 0.5) is 4.79 Å².